The Kier molecular flexibility index (Phi) is 4.75. The molecule has 0 saturated heterocycles. The second-order valence-electron chi connectivity index (χ2n) is 5.74. The third-order valence-electron chi connectivity index (χ3n) is 3.97. The highest BCUT2D eigenvalue weighted by Gasteiger charge is 2.11. The second-order valence-corrected chi connectivity index (χ2v) is 6.71. The van der Waals surface area contributed by atoms with E-state index in [4.69, 9.17) is 0 Å². The predicted molar refractivity (Wildman–Crippen MR) is 109 cm³/mol. The van der Waals surface area contributed by atoms with Gasteiger partial charge in [0.05, 0.1) is 21.2 Å². The Hall–Kier alpha value is -3.31. The van der Waals surface area contributed by atoms with Gasteiger partial charge in [-0.25, -0.2) is 15.0 Å². The molecule has 0 aliphatic heterocycles. The first-order valence-electron chi connectivity index (χ1n) is 7.97. The van der Waals surface area contributed by atoms with Crippen LogP contribution in [0.3, 0.4) is 0 Å². The van der Waals surface area contributed by atoms with Gasteiger partial charge in [-0.05, 0) is 12.1 Å². The van der Waals surface area contributed by atoms with Crippen LogP contribution < -0.4 is 10.8 Å². The van der Waals surface area contributed by atoms with Gasteiger partial charge in [-0.2, -0.15) is 0 Å². The average molecular weight is 411 g/mol. The Morgan fingerprint density at radius 3 is 2.46 bits per heavy atom. The van der Waals surface area contributed by atoms with Crippen LogP contribution in [0.1, 0.15) is 20.7 Å². The number of nitrogens with zero attached hydrogens (tertiary/aromatic N) is 3. The third-order valence-corrected chi connectivity index (χ3v) is 4.45. The Morgan fingerprint density at radius 1 is 0.964 bits per heavy atom. The molecule has 0 atom stereocenters. The van der Waals surface area contributed by atoms with Crippen LogP contribution in [-0.2, 0) is 0 Å². The first-order valence-corrected chi connectivity index (χ1v) is 8.86. The molecule has 0 aliphatic carbocycles. The fourth-order valence-electron chi connectivity index (χ4n) is 2.72. The van der Waals surface area contributed by atoms with Crippen molar-refractivity contribution in [3.8, 4) is 0 Å². The van der Waals surface area contributed by atoms with E-state index in [1.54, 1.807) is 24.5 Å². The van der Waals surface area contributed by atoms with E-state index in [9.17, 15) is 9.59 Å². The molecule has 140 valence electrons. The van der Waals surface area contributed by atoms with E-state index in [1.807, 2.05) is 0 Å². The quantitative estimate of drug-likeness (QED) is 0.222. The van der Waals surface area contributed by atoms with Crippen molar-refractivity contribution in [1.82, 2.24) is 24.9 Å². The lowest BCUT2D eigenvalue weighted by atomic mass is 10.3. The molecule has 0 fully saturated rings. The molecule has 4 aromatic heterocycles. The molecule has 4 heterocycles. The monoisotopic (exact) mass is 411 g/mol. The summed E-state index contributed by atoms with van der Waals surface area (Å²) in [5.74, 6) is 1.27. The molecule has 9 nitrogen and oxygen atoms in total. The molecule has 11 heteroatoms. The van der Waals surface area contributed by atoms with Crippen LogP contribution in [0.2, 0.25) is 0 Å². The number of thiol groups is 2. The van der Waals surface area contributed by atoms with E-state index in [1.165, 1.54) is 6.33 Å². The molecular weight excluding hydrogens is 398 g/mol. The Morgan fingerprint density at radius 2 is 1.68 bits per heavy atom. The number of hydrogen-bond donors (Lipinski definition) is 6. The van der Waals surface area contributed by atoms with Crippen molar-refractivity contribution in [2.24, 2.45) is 4.99 Å². The van der Waals surface area contributed by atoms with Gasteiger partial charge in [-0.15, -0.1) is 25.3 Å². The molecule has 0 aromatic carbocycles. The van der Waals surface area contributed by atoms with Crippen LogP contribution >= 0.6 is 25.3 Å². The maximum Gasteiger partial charge on any atom is 0.165 e. The van der Waals surface area contributed by atoms with Crippen LogP contribution in [0.5, 0.6) is 0 Å². The van der Waals surface area contributed by atoms with Crippen molar-refractivity contribution in [3.05, 3.63) is 47.5 Å². The van der Waals surface area contributed by atoms with Gasteiger partial charge in [-0.1, -0.05) is 0 Å². The first-order chi connectivity index (χ1) is 13.6. The van der Waals surface area contributed by atoms with Gasteiger partial charge in [-0.3, -0.25) is 9.59 Å². The molecule has 0 radical (unpaired) electrons. The van der Waals surface area contributed by atoms with Gasteiger partial charge < -0.3 is 20.3 Å². The topological polar surface area (TPSA) is 132 Å². The lowest BCUT2D eigenvalue weighted by Crippen LogP contribution is -2.04. The lowest BCUT2D eigenvalue weighted by Gasteiger charge is -2.03. The van der Waals surface area contributed by atoms with Crippen molar-refractivity contribution < 1.29 is 9.59 Å². The molecule has 0 bridgehead atoms. The van der Waals surface area contributed by atoms with Crippen LogP contribution in [0.4, 0.5) is 17.5 Å². The summed E-state index contributed by atoms with van der Waals surface area (Å²) in [5, 5.41) is 5.50. The third kappa shape index (κ3) is 3.32. The minimum Gasteiger partial charge on any atom is -0.366 e. The number of hydrogen-bond acceptors (Lipinski definition) is 8. The van der Waals surface area contributed by atoms with Gasteiger partial charge in [0.2, 0.25) is 0 Å². The zero-order valence-corrected chi connectivity index (χ0v) is 15.9. The van der Waals surface area contributed by atoms with Crippen molar-refractivity contribution in [2.45, 2.75) is 10.1 Å². The van der Waals surface area contributed by atoms with Gasteiger partial charge in [0.1, 0.15) is 23.8 Å². The number of aromatic amines is 3. The van der Waals surface area contributed by atoms with Gasteiger partial charge >= 0.3 is 0 Å². The number of fused-ring (bicyclic) bond motifs is 1. The highest BCUT2D eigenvalue weighted by Crippen LogP contribution is 2.25. The molecule has 4 rings (SSSR count). The van der Waals surface area contributed by atoms with E-state index < -0.39 is 0 Å². The van der Waals surface area contributed by atoms with Crippen LogP contribution in [0.25, 0.3) is 10.8 Å². The molecule has 0 unspecified atom stereocenters. The zero-order chi connectivity index (χ0) is 19.7. The number of carbonyl (C=O) groups excluding carboxylic acids is 2. The van der Waals surface area contributed by atoms with E-state index >= 15 is 0 Å². The molecular formula is C17H13N7O2S2. The van der Waals surface area contributed by atoms with Crippen molar-refractivity contribution >= 4 is 66.1 Å². The second kappa shape index (κ2) is 7.37. The summed E-state index contributed by atoms with van der Waals surface area (Å²) in [5.41, 5.74) is 1.15. The molecule has 0 saturated carbocycles. The van der Waals surface area contributed by atoms with Crippen LogP contribution in [-0.4, -0.2) is 37.5 Å². The minimum absolute atomic E-state index is 0.350. The molecule has 4 N–H and O–H groups in total. The van der Waals surface area contributed by atoms with Crippen molar-refractivity contribution in [1.29, 1.82) is 0 Å². The summed E-state index contributed by atoms with van der Waals surface area (Å²) in [6.45, 7) is 0. The Balaban J connectivity index is 1.88. The van der Waals surface area contributed by atoms with Gasteiger partial charge in [0.25, 0.3) is 0 Å². The van der Waals surface area contributed by atoms with Gasteiger partial charge in [0.15, 0.2) is 18.1 Å². The Bertz CT molecular complexity index is 1270. The smallest absolute Gasteiger partial charge is 0.165 e. The summed E-state index contributed by atoms with van der Waals surface area (Å²) in [6.07, 6.45) is 6.21. The molecule has 0 amide bonds. The van der Waals surface area contributed by atoms with Gasteiger partial charge in [0, 0.05) is 23.2 Å². The largest absolute Gasteiger partial charge is 0.366 e. The fourth-order valence-corrected chi connectivity index (χ4v) is 3.21. The lowest BCUT2D eigenvalue weighted by molar-refractivity contribution is 0.111. The highest BCUT2D eigenvalue weighted by atomic mass is 32.1. The van der Waals surface area contributed by atoms with Crippen molar-refractivity contribution in [3.63, 3.8) is 0 Å². The first kappa shape index (κ1) is 18.1. The number of aldehydes is 2. The van der Waals surface area contributed by atoms with Crippen molar-refractivity contribution in [2.75, 3.05) is 5.32 Å². The summed E-state index contributed by atoms with van der Waals surface area (Å²) < 4.78 is 0. The number of carbonyl (C=O) groups is 2. The molecule has 0 spiro atoms. The van der Waals surface area contributed by atoms with Crippen LogP contribution in [0.15, 0.2) is 45.9 Å². The number of nitrogens with one attached hydrogen (secondary N) is 4. The fraction of sp³-hybridized carbons (Fsp3) is 0. The number of rotatable bonds is 5. The summed E-state index contributed by atoms with van der Waals surface area (Å²) in [7, 11) is 0. The molecule has 0 aliphatic rings. The highest BCUT2D eigenvalue weighted by molar-refractivity contribution is 7.80. The van der Waals surface area contributed by atoms with E-state index in [0.717, 1.165) is 6.29 Å². The average Bonchev–Trinajstić information content (AvgIpc) is 3.35. The zero-order valence-electron chi connectivity index (χ0n) is 14.1. The normalized spacial score (nSPS) is 11.7. The maximum absolute atomic E-state index is 11.2. The van der Waals surface area contributed by atoms with E-state index in [2.05, 4.69) is 60.5 Å². The number of anilines is 2. The predicted octanol–water partition coefficient (Wildman–Crippen LogP) is 2.79. The maximum atomic E-state index is 11.2. The van der Waals surface area contributed by atoms with E-state index in [0.29, 0.717) is 61.2 Å². The molecule has 4 aromatic rings. The molecule has 28 heavy (non-hydrogen) atoms. The summed E-state index contributed by atoms with van der Waals surface area (Å²) in [4.78, 5) is 44.4. The Labute approximate surface area is 168 Å². The van der Waals surface area contributed by atoms with Crippen LogP contribution in [0, 0.1) is 0 Å². The SMILES string of the molecule is O=Cc1cc(S)[nH]c1/N=c1\ncnc(Nc2[nH]c(S)cc2C=O)c2c[nH]cc12. The summed E-state index contributed by atoms with van der Waals surface area (Å²) >= 11 is 8.42. The number of aromatic nitrogens is 5. The number of H-pyrrole nitrogens is 3. The standard InChI is InChI=1S/C17H13N7O2S2/c25-5-8-1-12(27)21-14(8)23-16-10-3-18-4-11(10)17(20-7-19-16)24-15-9(6-26)2-13(28)22-15/h1-7,18,21-22,27-28H,(H,19,20,23,24). The van der Waals surface area contributed by atoms with E-state index in [-0.39, 0.29) is 0 Å². The minimum atomic E-state index is 0.350. The summed E-state index contributed by atoms with van der Waals surface area (Å²) in [6, 6.07) is 3.19.